The van der Waals surface area contributed by atoms with Crippen LogP contribution in [0.3, 0.4) is 0 Å². The number of halogens is 1. The van der Waals surface area contributed by atoms with Crippen molar-refractivity contribution in [2.24, 2.45) is 0 Å². The number of piperidine rings is 1. The lowest BCUT2D eigenvalue weighted by Crippen LogP contribution is -2.32. The number of benzene rings is 2. The van der Waals surface area contributed by atoms with E-state index in [0.717, 1.165) is 43.3 Å². The second-order valence-electron chi connectivity index (χ2n) is 8.52. The Hall–Kier alpha value is -2.30. The highest BCUT2D eigenvalue weighted by molar-refractivity contribution is 6.30. The summed E-state index contributed by atoms with van der Waals surface area (Å²) in [6, 6.07) is 18.8. The fourth-order valence-electron chi connectivity index (χ4n) is 4.86. The molecule has 5 rings (SSSR count). The Bertz CT molecular complexity index is 990. The first-order valence-electron chi connectivity index (χ1n) is 11.2. The maximum Gasteiger partial charge on any atom is 0.133 e. The molecule has 1 saturated heterocycles. The lowest BCUT2D eigenvalue weighted by Gasteiger charge is -2.31. The highest BCUT2D eigenvalue weighted by atomic mass is 35.5. The summed E-state index contributed by atoms with van der Waals surface area (Å²) in [6.07, 6.45) is 5.89. The summed E-state index contributed by atoms with van der Waals surface area (Å²) in [7, 11) is 0. The predicted molar refractivity (Wildman–Crippen MR) is 124 cm³/mol. The van der Waals surface area contributed by atoms with Gasteiger partial charge in [-0.2, -0.15) is 5.10 Å². The molecule has 3 aromatic rings. The Morgan fingerprint density at radius 1 is 1.00 bits per heavy atom. The average molecular weight is 421 g/mol. The maximum atomic E-state index is 6.28. The Balaban J connectivity index is 1.38. The van der Waals surface area contributed by atoms with E-state index in [2.05, 4.69) is 51.3 Å². The van der Waals surface area contributed by atoms with Crippen molar-refractivity contribution in [1.29, 1.82) is 0 Å². The van der Waals surface area contributed by atoms with Gasteiger partial charge in [-0.3, -0.25) is 4.90 Å². The van der Waals surface area contributed by atoms with Gasteiger partial charge in [0, 0.05) is 29.6 Å². The molecule has 0 unspecified atom stereocenters. The summed E-state index contributed by atoms with van der Waals surface area (Å²) in [5.41, 5.74) is 5.17. The smallest absolute Gasteiger partial charge is 0.133 e. The molecule has 2 aliphatic heterocycles. The van der Waals surface area contributed by atoms with Crippen LogP contribution in [0.1, 0.15) is 48.4 Å². The van der Waals surface area contributed by atoms with E-state index in [1.807, 2.05) is 18.2 Å². The number of anilines is 1. The normalized spacial score (nSPS) is 17.9. The van der Waals surface area contributed by atoms with Gasteiger partial charge in [-0.1, -0.05) is 48.0 Å². The fourth-order valence-corrected chi connectivity index (χ4v) is 5.04. The van der Waals surface area contributed by atoms with Gasteiger partial charge in [0.05, 0.1) is 11.4 Å². The topological polar surface area (TPSA) is 33.1 Å². The van der Waals surface area contributed by atoms with Gasteiger partial charge in [0.25, 0.3) is 0 Å². The molecule has 156 valence electrons. The van der Waals surface area contributed by atoms with Crippen LogP contribution in [0.25, 0.3) is 5.69 Å². The molecule has 3 heterocycles. The van der Waals surface area contributed by atoms with Crippen LogP contribution in [0.4, 0.5) is 5.82 Å². The Labute approximate surface area is 183 Å². The van der Waals surface area contributed by atoms with Crippen molar-refractivity contribution < 1.29 is 0 Å². The third-order valence-electron chi connectivity index (χ3n) is 6.44. The van der Waals surface area contributed by atoms with Crippen LogP contribution < -0.4 is 5.32 Å². The largest absolute Gasteiger partial charge is 0.370 e. The minimum atomic E-state index is 0.533. The Morgan fingerprint density at radius 2 is 1.83 bits per heavy atom. The van der Waals surface area contributed by atoms with Gasteiger partial charge >= 0.3 is 0 Å². The zero-order valence-corrected chi connectivity index (χ0v) is 18.1. The predicted octanol–water partition coefficient (Wildman–Crippen LogP) is 5.65. The average Bonchev–Trinajstić information content (AvgIpc) is 2.96. The summed E-state index contributed by atoms with van der Waals surface area (Å²) in [6.45, 7) is 4.32. The van der Waals surface area contributed by atoms with Gasteiger partial charge in [0.1, 0.15) is 5.82 Å². The molecule has 30 heavy (non-hydrogen) atoms. The molecule has 1 aromatic heterocycles. The zero-order valence-electron chi connectivity index (χ0n) is 17.4. The van der Waals surface area contributed by atoms with Gasteiger partial charge in [-0.15, -0.1) is 0 Å². The third kappa shape index (κ3) is 4.12. The van der Waals surface area contributed by atoms with Crippen LogP contribution in [0, 0.1) is 0 Å². The minimum absolute atomic E-state index is 0.533. The summed E-state index contributed by atoms with van der Waals surface area (Å²) in [5, 5.41) is 9.57. The van der Waals surface area contributed by atoms with E-state index < -0.39 is 0 Å². The molecule has 1 N–H and O–H groups in total. The molecule has 0 spiro atoms. The standard InChI is InChI=1S/C25H29ClN4/c26-21-9-6-10-22(17-21)30-25-23(11-4-5-14-27-25)24(28-30)20-12-15-29(16-13-20)18-19-7-2-1-3-8-19/h1-3,6-10,17,20,27H,4-5,11-16,18H2. The quantitative estimate of drug-likeness (QED) is 0.591. The van der Waals surface area contributed by atoms with E-state index >= 15 is 0 Å². The molecular formula is C25H29ClN4. The minimum Gasteiger partial charge on any atom is -0.370 e. The number of nitrogens with one attached hydrogen (secondary N) is 1. The molecule has 1 fully saturated rings. The van der Waals surface area contributed by atoms with Gasteiger partial charge in [-0.05, 0) is 69.0 Å². The van der Waals surface area contributed by atoms with Gasteiger partial charge in [-0.25, -0.2) is 4.68 Å². The van der Waals surface area contributed by atoms with Gasteiger partial charge < -0.3 is 5.32 Å². The first-order chi connectivity index (χ1) is 14.8. The summed E-state index contributed by atoms with van der Waals surface area (Å²) >= 11 is 6.28. The fraction of sp³-hybridized carbons (Fsp3) is 0.400. The second kappa shape index (κ2) is 8.83. The van der Waals surface area contributed by atoms with E-state index in [0.29, 0.717) is 5.92 Å². The van der Waals surface area contributed by atoms with E-state index in [-0.39, 0.29) is 0 Å². The van der Waals surface area contributed by atoms with E-state index in [4.69, 9.17) is 16.7 Å². The SMILES string of the molecule is Clc1cccc(-n2nc(C3CCN(Cc4ccccc4)CC3)c3c2NCCCC3)c1. The van der Waals surface area contributed by atoms with Crippen molar-refractivity contribution in [2.45, 2.75) is 44.6 Å². The zero-order chi connectivity index (χ0) is 20.3. The molecule has 2 aromatic carbocycles. The number of hydrogen-bond acceptors (Lipinski definition) is 3. The molecule has 0 amide bonds. The van der Waals surface area contributed by atoms with Gasteiger partial charge in [0.15, 0.2) is 0 Å². The highest BCUT2D eigenvalue weighted by Gasteiger charge is 2.29. The van der Waals surface area contributed by atoms with Crippen molar-refractivity contribution in [3.05, 3.63) is 76.4 Å². The molecule has 0 aliphatic carbocycles. The first-order valence-corrected chi connectivity index (χ1v) is 11.5. The van der Waals surface area contributed by atoms with Crippen molar-refractivity contribution in [2.75, 3.05) is 25.0 Å². The van der Waals surface area contributed by atoms with Crippen molar-refractivity contribution in [3.8, 4) is 5.69 Å². The number of rotatable bonds is 4. The van der Waals surface area contributed by atoms with E-state index in [1.165, 1.54) is 48.3 Å². The molecule has 0 atom stereocenters. The van der Waals surface area contributed by atoms with E-state index in [9.17, 15) is 0 Å². The second-order valence-corrected chi connectivity index (χ2v) is 8.96. The molecule has 0 radical (unpaired) electrons. The van der Waals surface area contributed by atoms with Crippen molar-refractivity contribution in [3.63, 3.8) is 0 Å². The van der Waals surface area contributed by atoms with Crippen LogP contribution in [0.5, 0.6) is 0 Å². The summed E-state index contributed by atoms with van der Waals surface area (Å²) < 4.78 is 2.10. The molecule has 2 aliphatic rings. The van der Waals surface area contributed by atoms with Crippen molar-refractivity contribution >= 4 is 17.4 Å². The monoisotopic (exact) mass is 420 g/mol. The summed E-state index contributed by atoms with van der Waals surface area (Å²) in [5.74, 6) is 1.71. The number of aromatic nitrogens is 2. The number of fused-ring (bicyclic) bond motifs is 1. The number of nitrogens with zero attached hydrogens (tertiary/aromatic N) is 3. The number of likely N-dealkylation sites (tertiary alicyclic amines) is 1. The summed E-state index contributed by atoms with van der Waals surface area (Å²) in [4.78, 5) is 2.58. The van der Waals surface area contributed by atoms with Crippen LogP contribution in [-0.4, -0.2) is 34.3 Å². The maximum absolute atomic E-state index is 6.28. The van der Waals surface area contributed by atoms with Crippen LogP contribution in [0.2, 0.25) is 5.02 Å². The van der Waals surface area contributed by atoms with Crippen LogP contribution >= 0.6 is 11.6 Å². The Morgan fingerprint density at radius 3 is 2.63 bits per heavy atom. The van der Waals surface area contributed by atoms with E-state index in [1.54, 1.807) is 0 Å². The third-order valence-corrected chi connectivity index (χ3v) is 6.67. The lowest BCUT2D eigenvalue weighted by atomic mass is 9.90. The molecule has 5 heteroatoms. The molecule has 4 nitrogen and oxygen atoms in total. The first kappa shape index (κ1) is 19.7. The Kier molecular flexibility index (Phi) is 5.78. The van der Waals surface area contributed by atoms with Crippen molar-refractivity contribution in [1.82, 2.24) is 14.7 Å². The molecular weight excluding hydrogens is 392 g/mol. The van der Waals surface area contributed by atoms with Gasteiger partial charge in [0.2, 0.25) is 0 Å². The molecule has 0 saturated carbocycles. The lowest BCUT2D eigenvalue weighted by molar-refractivity contribution is 0.203. The van der Waals surface area contributed by atoms with Crippen LogP contribution in [-0.2, 0) is 13.0 Å². The van der Waals surface area contributed by atoms with Crippen LogP contribution in [0.15, 0.2) is 54.6 Å². The molecule has 0 bridgehead atoms. The number of hydrogen-bond donors (Lipinski definition) is 1. The highest BCUT2D eigenvalue weighted by Crippen LogP contribution is 2.36.